The number of ether oxygens (including phenoxy) is 1. The van der Waals surface area contributed by atoms with Crippen LogP contribution in [0.4, 0.5) is 5.69 Å². The molecule has 0 saturated carbocycles. The van der Waals surface area contributed by atoms with Crippen molar-refractivity contribution in [3.63, 3.8) is 0 Å². The van der Waals surface area contributed by atoms with Crippen LogP contribution in [0.3, 0.4) is 0 Å². The Morgan fingerprint density at radius 1 is 1.17 bits per heavy atom. The number of morpholine rings is 1. The third-order valence-electron chi connectivity index (χ3n) is 4.88. The van der Waals surface area contributed by atoms with Gasteiger partial charge < -0.3 is 21.1 Å². The summed E-state index contributed by atoms with van der Waals surface area (Å²) in [6, 6.07) is 16.5. The molecule has 1 aliphatic rings. The summed E-state index contributed by atoms with van der Waals surface area (Å²) < 4.78 is 5.37. The van der Waals surface area contributed by atoms with Gasteiger partial charge in [0.25, 0.3) is 0 Å². The first-order chi connectivity index (χ1) is 14.1. The van der Waals surface area contributed by atoms with Crippen LogP contribution in [-0.2, 0) is 9.53 Å². The van der Waals surface area contributed by atoms with Crippen LogP contribution in [0.15, 0.2) is 54.6 Å². The van der Waals surface area contributed by atoms with Gasteiger partial charge in [0.05, 0.1) is 30.0 Å². The van der Waals surface area contributed by atoms with Crippen molar-refractivity contribution in [1.82, 2.24) is 10.3 Å². The van der Waals surface area contributed by atoms with E-state index in [-0.39, 0.29) is 11.9 Å². The Labute approximate surface area is 168 Å². The molecule has 2 aromatic carbocycles. The molecule has 1 saturated heterocycles. The number of pyridine rings is 1. The average molecular weight is 390 g/mol. The van der Waals surface area contributed by atoms with E-state index in [2.05, 4.69) is 15.6 Å². The van der Waals surface area contributed by atoms with E-state index in [9.17, 15) is 9.59 Å². The number of hydrogen-bond donors (Lipinski definition) is 3. The van der Waals surface area contributed by atoms with E-state index in [4.69, 9.17) is 10.5 Å². The molecule has 7 nitrogen and oxygen atoms in total. The summed E-state index contributed by atoms with van der Waals surface area (Å²) in [5.74, 6) is -0.561. The van der Waals surface area contributed by atoms with Crippen molar-refractivity contribution in [2.45, 2.75) is 12.5 Å². The maximum atomic E-state index is 12.2. The minimum Gasteiger partial charge on any atom is -0.378 e. The molecule has 1 aliphatic heterocycles. The van der Waals surface area contributed by atoms with Crippen LogP contribution < -0.4 is 16.4 Å². The molecule has 1 aromatic heterocycles. The maximum Gasteiger partial charge on any atom is 0.249 e. The van der Waals surface area contributed by atoms with E-state index < -0.39 is 5.91 Å². The van der Waals surface area contributed by atoms with E-state index in [1.807, 2.05) is 48.5 Å². The lowest BCUT2D eigenvalue weighted by Gasteiger charge is -2.23. The van der Waals surface area contributed by atoms with Crippen molar-refractivity contribution in [3.8, 4) is 11.3 Å². The summed E-state index contributed by atoms with van der Waals surface area (Å²) in [4.78, 5) is 28.7. The van der Waals surface area contributed by atoms with Gasteiger partial charge in [-0.1, -0.05) is 30.3 Å². The minimum absolute atomic E-state index is 0.0389. The van der Waals surface area contributed by atoms with E-state index in [0.717, 1.165) is 17.5 Å². The van der Waals surface area contributed by atoms with Gasteiger partial charge in [0, 0.05) is 35.6 Å². The van der Waals surface area contributed by atoms with Crippen LogP contribution in [0.2, 0.25) is 0 Å². The highest BCUT2D eigenvalue weighted by Crippen LogP contribution is 2.25. The second-order valence-electron chi connectivity index (χ2n) is 6.99. The predicted octanol–water partition coefficient (Wildman–Crippen LogP) is 2.32. The molecular formula is C22H22N4O3. The number of fused-ring (bicyclic) bond motifs is 1. The second kappa shape index (κ2) is 8.38. The molecule has 29 heavy (non-hydrogen) atoms. The zero-order valence-electron chi connectivity index (χ0n) is 15.9. The molecule has 0 aliphatic carbocycles. The Hall–Kier alpha value is -3.29. The number of nitrogens with one attached hydrogen (secondary N) is 2. The zero-order chi connectivity index (χ0) is 20.2. The van der Waals surface area contributed by atoms with Gasteiger partial charge in [-0.05, 0) is 24.3 Å². The van der Waals surface area contributed by atoms with E-state index in [1.165, 1.54) is 0 Å². The molecule has 4 rings (SSSR count). The molecule has 0 bridgehead atoms. The highest BCUT2D eigenvalue weighted by atomic mass is 16.5. The molecule has 2 amide bonds. The monoisotopic (exact) mass is 390 g/mol. The Morgan fingerprint density at radius 3 is 2.69 bits per heavy atom. The van der Waals surface area contributed by atoms with Crippen LogP contribution in [0, 0.1) is 0 Å². The van der Waals surface area contributed by atoms with Gasteiger partial charge in [-0.25, -0.2) is 4.98 Å². The number of benzene rings is 2. The van der Waals surface area contributed by atoms with E-state index >= 15 is 0 Å². The quantitative estimate of drug-likeness (QED) is 0.620. The number of amides is 2. The smallest absolute Gasteiger partial charge is 0.249 e. The SMILES string of the molecule is NC(=O)c1cc(-c2ccc(NC(=O)C[C@@H]3COCCN3)cc2)nc2ccccc12. The Kier molecular flexibility index (Phi) is 5.50. The normalized spacial score (nSPS) is 16.5. The predicted molar refractivity (Wildman–Crippen MR) is 112 cm³/mol. The fourth-order valence-corrected chi connectivity index (χ4v) is 3.44. The first kappa shape index (κ1) is 19.0. The number of rotatable bonds is 5. The minimum atomic E-state index is -0.492. The number of anilines is 1. The Bertz CT molecular complexity index is 1040. The third kappa shape index (κ3) is 4.42. The number of nitrogens with two attached hydrogens (primary N) is 1. The van der Waals surface area contributed by atoms with E-state index in [1.54, 1.807) is 6.07 Å². The number of nitrogens with zero attached hydrogens (tertiary/aromatic N) is 1. The van der Waals surface area contributed by atoms with Crippen LogP contribution in [0.25, 0.3) is 22.2 Å². The molecule has 1 atom stereocenters. The average Bonchev–Trinajstić information content (AvgIpc) is 2.74. The summed E-state index contributed by atoms with van der Waals surface area (Å²) in [5.41, 5.74) is 8.88. The summed E-state index contributed by atoms with van der Waals surface area (Å²) in [5, 5.41) is 6.89. The van der Waals surface area contributed by atoms with Gasteiger partial charge in [-0.15, -0.1) is 0 Å². The van der Waals surface area contributed by atoms with Gasteiger partial charge in [0.1, 0.15) is 0 Å². The molecular weight excluding hydrogens is 368 g/mol. The topological polar surface area (TPSA) is 106 Å². The number of aromatic nitrogens is 1. The van der Waals surface area contributed by atoms with Crippen LogP contribution in [0.5, 0.6) is 0 Å². The fourth-order valence-electron chi connectivity index (χ4n) is 3.44. The Balaban J connectivity index is 1.52. The molecule has 0 unspecified atom stereocenters. The van der Waals surface area contributed by atoms with Crippen LogP contribution in [-0.4, -0.2) is 42.6 Å². The summed E-state index contributed by atoms with van der Waals surface area (Å²) in [6.07, 6.45) is 0.357. The zero-order valence-corrected chi connectivity index (χ0v) is 15.9. The molecule has 0 spiro atoms. The van der Waals surface area contributed by atoms with Crippen molar-refractivity contribution in [2.24, 2.45) is 5.73 Å². The second-order valence-corrected chi connectivity index (χ2v) is 6.99. The molecule has 0 radical (unpaired) electrons. The highest BCUT2D eigenvalue weighted by molar-refractivity contribution is 6.06. The van der Waals surface area contributed by atoms with Crippen LogP contribution >= 0.6 is 0 Å². The molecule has 1 fully saturated rings. The first-order valence-corrected chi connectivity index (χ1v) is 9.51. The lowest BCUT2D eigenvalue weighted by atomic mass is 10.0. The van der Waals surface area contributed by atoms with Gasteiger partial charge in [-0.3, -0.25) is 9.59 Å². The number of para-hydroxylation sites is 1. The summed E-state index contributed by atoms with van der Waals surface area (Å²) in [7, 11) is 0. The largest absolute Gasteiger partial charge is 0.378 e. The lowest BCUT2D eigenvalue weighted by molar-refractivity contribution is -0.117. The molecule has 4 N–H and O–H groups in total. The Morgan fingerprint density at radius 2 is 1.97 bits per heavy atom. The summed E-state index contributed by atoms with van der Waals surface area (Å²) >= 11 is 0. The van der Waals surface area contributed by atoms with Crippen molar-refractivity contribution >= 4 is 28.4 Å². The lowest BCUT2D eigenvalue weighted by Crippen LogP contribution is -2.43. The van der Waals surface area contributed by atoms with Crippen molar-refractivity contribution < 1.29 is 14.3 Å². The number of hydrogen-bond acceptors (Lipinski definition) is 5. The molecule has 2 heterocycles. The molecule has 3 aromatic rings. The van der Waals surface area contributed by atoms with Crippen molar-refractivity contribution in [1.29, 1.82) is 0 Å². The summed E-state index contributed by atoms with van der Waals surface area (Å²) in [6.45, 7) is 1.99. The first-order valence-electron chi connectivity index (χ1n) is 9.51. The third-order valence-corrected chi connectivity index (χ3v) is 4.88. The number of carbonyl (C=O) groups is 2. The van der Waals surface area contributed by atoms with Crippen molar-refractivity contribution in [2.75, 3.05) is 25.1 Å². The van der Waals surface area contributed by atoms with Gasteiger partial charge in [0.2, 0.25) is 11.8 Å². The van der Waals surface area contributed by atoms with Crippen molar-refractivity contribution in [3.05, 3.63) is 60.2 Å². The molecule has 7 heteroatoms. The molecule has 148 valence electrons. The highest BCUT2D eigenvalue weighted by Gasteiger charge is 2.17. The van der Waals surface area contributed by atoms with Gasteiger partial charge >= 0.3 is 0 Å². The van der Waals surface area contributed by atoms with Gasteiger partial charge in [-0.2, -0.15) is 0 Å². The number of primary amides is 1. The van der Waals surface area contributed by atoms with Crippen LogP contribution in [0.1, 0.15) is 16.8 Å². The fraction of sp³-hybridized carbons (Fsp3) is 0.227. The standard InChI is InChI=1S/C22H22N4O3/c23-22(28)18-12-20(26-19-4-2-1-3-17(18)19)14-5-7-15(8-6-14)25-21(27)11-16-13-29-10-9-24-16/h1-8,12,16,24H,9-11,13H2,(H2,23,28)(H,25,27)/t16-/m1/s1. The maximum absolute atomic E-state index is 12.2. The van der Waals surface area contributed by atoms with E-state index in [0.29, 0.717) is 42.1 Å². The number of carbonyl (C=O) groups excluding carboxylic acids is 2. The van der Waals surface area contributed by atoms with Gasteiger partial charge in [0.15, 0.2) is 0 Å².